The zero-order valence-electron chi connectivity index (χ0n) is 5.97. The van der Waals surface area contributed by atoms with E-state index in [-0.39, 0.29) is 0 Å². The molecule has 0 amide bonds. The highest BCUT2D eigenvalue weighted by molar-refractivity contribution is 7.99. The number of hydrogen-bond donors (Lipinski definition) is 0. The molecule has 1 unspecified atom stereocenters. The molecule has 0 N–H and O–H groups in total. The molecule has 1 heterocycles. The molecule has 0 aromatic rings. The number of nitrogens with zero attached hydrogens (tertiary/aromatic N) is 1. The van der Waals surface area contributed by atoms with Crippen molar-refractivity contribution >= 4 is 11.8 Å². The minimum Gasteiger partial charge on any atom is -0.241 e. The monoisotopic (exact) mass is 144 g/mol. The summed E-state index contributed by atoms with van der Waals surface area (Å²) in [5.74, 6) is 3.51. The van der Waals surface area contributed by atoms with Crippen LogP contribution < -0.4 is 5.32 Å². The predicted molar refractivity (Wildman–Crippen MR) is 43.0 cm³/mol. The van der Waals surface area contributed by atoms with Crippen LogP contribution in [0.15, 0.2) is 0 Å². The molecule has 1 nitrogen and oxygen atoms in total. The summed E-state index contributed by atoms with van der Waals surface area (Å²) in [5, 5.41) is 4.30. The van der Waals surface area contributed by atoms with E-state index in [0.717, 1.165) is 19.0 Å². The highest BCUT2D eigenvalue weighted by Gasteiger charge is 2.14. The van der Waals surface area contributed by atoms with Gasteiger partial charge in [0.15, 0.2) is 0 Å². The van der Waals surface area contributed by atoms with Crippen molar-refractivity contribution in [3.8, 4) is 0 Å². The molecule has 1 aliphatic rings. The maximum Gasteiger partial charge on any atom is 0.0170 e. The van der Waals surface area contributed by atoms with E-state index in [9.17, 15) is 0 Å². The summed E-state index contributed by atoms with van der Waals surface area (Å²) in [6, 6.07) is 0. The van der Waals surface area contributed by atoms with Crippen molar-refractivity contribution in [3.63, 3.8) is 0 Å². The van der Waals surface area contributed by atoms with Gasteiger partial charge in [0.1, 0.15) is 0 Å². The van der Waals surface area contributed by atoms with Crippen molar-refractivity contribution in [1.29, 1.82) is 0 Å². The Kier molecular flexibility index (Phi) is 3.44. The Hall–Kier alpha value is 0.310. The molecule has 2 heteroatoms. The Morgan fingerprint density at radius 2 is 2.56 bits per heavy atom. The van der Waals surface area contributed by atoms with Crippen LogP contribution in [-0.4, -0.2) is 24.6 Å². The second-order valence-electron chi connectivity index (χ2n) is 2.44. The lowest BCUT2D eigenvalue weighted by Gasteiger charge is -2.03. The van der Waals surface area contributed by atoms with Gasteiger partial charge < -0.3 is 0 Å². The zero-order valence-corrected chi connectivity index (χ0v) is 6.78. The molecule has 0 saturated carbocycles. The molecule has 1 atom stereocenters. The summed E-state index contributed by atoms with van der Waals surface area (Å²) >= 11 is 2.05. The van der Waals surface area contributed by atoms with E-state index in [1.54, 1.807) is 0 Å². The third-order valence-electron chi connectivity index (χ3n) is 1.64. The van der Waals surface area contributed by atoms with Crippen molar-refractivity contribution in [3.05, 3.63) is 0 Å². The Morgan fingerprint density at radius 3 is 3.11 bits per heavy atom. The van der Waals surface area contributed by atoms with E-state index < -0.39 is 0 Å². The molecule has 0 aliphatic carbocycles. The lowest BCUT2D eigenvalue weighted by molar-refractivity contribution is 0.661. The van der Waals surface area contributed by atoms with Crippen molar-refractivity contribution in [2.75, 3.05) is 24.6 Å². The fourth-order valence-corrected chi connectivity index (χ4v) is 1.90. The van der Waals surface area contributed by atoms with Crippen LogP contribution in [-0.2, 0) is 0 Å². The lowest BCUT2D eigenvalue weighted by atomic mass is 10.2. The van der Waals surface area contributed by atoms with Crippen LogP contribution in [0.4, 0.5) is 0 Å². The van der Waals surface area contributed by atoms with E-state index in [4.69, 9.17) is 0 Å². The van der Waals surface area contributed by atoms with Crippen molar-refractivity contribution in [2.45, 2.75) is 13.3 Å². The summed E-state index contributed by atoms with van der Waals surface area (Å²) < 4.78 is 0. The Labute approximate surface area is 61.6 Å². The van der Waals surface area contributed by atoms with E-state index in [1.165, 1.54) is 17.9 Å². The van der Waals surface area contributed by atoms with Gasteiger partial charge in [-0.1, -0.05) is 6.92 Å². The van der Waals surface area contributed by atoms with Gasteiger partial charge in [-0.2, -0.15) is 11.8 Å². The fraction of sp³-hybridized carbons (Fsp3) is 1.00. The summed E-state index contributed by atoms with van der Waals surface area (Å²) in [7, 11) is 0. The minimum atomic E-state index is 0.912. The maximum atomic E-state index is 4.30. The predicted octanol–water partition coefficient (Wildman–Crippen LogP) is 1.36. The van der Waals surface area contributed by atoms with Gasteiger partial charge in [0.05, 0.1) is 0 Å². The van der Waals surface area contributed by atoms with E-state index in [1.807, 2.05) is 11.8 Å². The average molecular weight is 144 g/mol. The van der Waals surface area contributed by atoms with Crippen LogP contribution in [0, 0.1) is 5.92 Å². The summed E-state index contributed by atoms with van der Waals surface area (Å²) in [5.41, 5.74) is 0. The highest BCUT2D eigenvalue weighted by atomic mass is 32.2. The summed E-state index contributed by atoms with van der Waals surface area (Å²) in [6.45, 7) is 4.47. The second-order valence-corrected chi connectivity index (χ2v) is 3.76. The second kappa shape index (κ2) is 4.18. The summed E-state index contributed by atoms with van der Waals surface area (Å²) in [4.78, 5) is 0. The molecule has 1 fully saturated rings. The SMILES string of the molecule is CCSCC1CC[N]C1. The van der Waals surface area contributed by atoms with Gasteiger partial charge in [-0.3, -0.25) is 0 Å². The van der Waals surface area contributed by atoms with Gasteiger partial charge in [-0.25, -0.2) is 5.32 Å². The van der Waals surface area contributed by atoms with E-state index >= 15 is 0 Å². The molecule has 53 valence electrons. The Morgan fingerprint density at radius 1 is 1.67 bits per heavy atom. The Balaban J connectivity index is 1.98. The van der Waals surface area contributed by atoms with Crippen LogP contribution in [0.2, 0.25) is 0 Å². The van der Waals surface area contributed by atoms with Crippen molar-refractivity contribution in [1.82, 2.24) is 5.32 Å². The van der Waals surface area contributed by atoms with E-state index in [0.29, 0.717) is 0 Å². The largest absolute Gasteiger partial charge is 0.241 e. The molecular formula is C7H14NS. The van der Waals surface area contributed by atoms with Gasteiger partial charge in [0, 0.05) is 13.1 Å². The topological polar surface area (TPSA) is 14.1 Å². The average Bonchev–Trinajstić information content (AvgIpc) is 2.34. The van der Waals surface area contributed by atoms with Gasteiger partial charge in [-0.05, 0) is 23.8 Å². The number of hydrogen-bond acceptors (Lipinski definition) is 1. The molecule has 1 radical (unpaired) electrons. The molecule has 1 saturated heterocycles. The van der Waals surface area contributed by atoms with Crippen molar-refractivity contribution in [2.24, 2.45) is 5.92 Å². The van der Waals surface area contributed by atoms with Crippen LogP contribution in [0.5, 0.6) is 0 Å². The number of thioether (sulfide) groups is 1. The van der Waals surface area contributed by atoms with E-state index in [2.05, 4.69) is 12.2 Å². The minimum absolute atomic E-state index is 0.912. The Bertz CT molecular complexity index is 69.3. The standard InChI is InChI=1S/C7H14NS/c1-2-9-6-7-3-4-8-5-7/h7H,2-6H2,1H3. The molecular weight excluding hydrogens is 130 g/mol. The third kappa shape index (κ3) is 2.59. The van der Waals surface area contributed by atoms with Gasteiger partial charge >= 0.3 is 0 Å². The third-order valence-corrected chi connectivity index (χ3v) is 2.76. The quantitative estimate of drug-likeness (QED) is 0.583. The normalized spacial score (nSPS) is 27.0. The zero-order chi connectivity index (χ0) is 6.53. The maximum absolute atomic E-state index is 4.30. The lowest BCUT2D eigenvalue weighted by Crippen LogP contribution is -2.05. The van der Waals surface area contributed by atoms with Gasteiger partial charge in [0.2, 0.25) is 0 Å². The first kappa shape index (κ1) is 7.42. The van der Waals surface area contributed by atoms with Crippen LogP contribution in [0.25, 0.3) is 0 Å². The molecule has 0 aromatic carbocycles. The molecule has 1 aliphatic heterocycles. The fourth-order valence-electron chi connectivity index (χ4n) is 1.06. The smallest absolute Gasteiger partial charge is 0.0170 e. The van der Waals surface area contributed by atoms with Crippen LogP contribution >= 0.6 is 11.8 Å². The molecule has 0 bridgehead atoms. The van der Waals surface area contributed by atoms with Gasteiger partial charge in [0.25, 0.3) is 0 Å². The molecule has 9 heavy (non-hydrogen) atoms. The van der Waals surface area contributed by atoms with Crippen LogP contribution in [0.1, 0.15) is 13.3 Å². The highest BCUT2D eigenvalue weighted by Crippen LogP contribution is 2.14. The van der Waals surface area contributed by atoms with Crippen LogP contribution in [0.3, 0.4) is 0 Å². The number of rotatable bonds is 3. The molecule has 1 rings (SSSR count). The van der Waals surface area contributed by atoms with Gasteiger partial charge in [-0.15, -0.1) is 0 Å². The first-order valence-electron chi connectivity index (χ1n) is 3.64. The summed E-state index contributed by atoms with van der Waals surface area (Å²) in [6.07, 6.45) is 1.34. The molecule has 0 aromatic heterocycles. The first-order chi connectivity index (χ1) is 4.43. The molecule has 0 spiro atoms. The van der Waals surface area contributed by atoms with Crippen molar-refractivity contribution < 1.29 is 0 Å². The first-order valence-corrected chi connectivity index (χ1v) is 4.80.